The maximum Gasteiger partial charge on any atom is 0.328 e. The van der Waals surface area contributed by atoms with Crippen LogP contribution in [0, 0.1) is 5.41 Å². The van der Waals surface area contributed by atoms with E-state index >= 15 is 0 Å². The highest BCUT2D eigenvalue weighted by Gasteiger charge is 2.56. The van der Waals surface area contributed by atoms with Crippen LogP contribution in [0.4, 0.5) is 0 Å². The summed E-state index contributed by atoms with van der Waals surface area (Å²) in [6.07, 6.45) is 22.1. The molecule has 2 atom stereocenters. The molecule has 0 aromatic carbocycles. The maximum atomic E-state index is 11.3. The van der Waals surface area contributed by atoms with Gasteiger partial charge in [-0.1, -0.05) is 85.3 Å². The van der Waals surface area contributed by atoms with Gasteiger partial charge in [-0.15, -0.1) is 0 Å². The van der Waals surface area contributed by atoms with E-state index in [0.29, 0.717) is 6.42 Å². The van der Waals surface area contributed by atoms with Gasteiger partial charge in [0.05, 0.1) is 5.60 Å². The van der Waals surface area contributed by atoms with Crippen LogP contribution in [0.25, 0.3) is 0 Å². The number of hydrogen-bond acceptors (Lipinski definition) is 3. The lowest BCUT2D eigenvalue weighted by Gasteiger charge is -2.53. The predicted molar refractivity (Wildman–Crippen MR) is 129 cm³/mol. The number of aliphatic carboxylic acids is 1. The third kappa shape index (κ3) is 7.97. The lowest BCUT2D eigenvalue weighted by molar-refractivity contribution is -0.194. The van der Waals surface area contributed by atoms with Gasteiger partial charge in [-0.05, 0) is 58.4 Å². The second kappa shape index (κ2) is 11.3. The van der Waals surface area contributed by atoms with Gasteiger partial charge in [0, 0.05) is 6.08 Å². The topological polar surface area (TPSA) is 77.8 Å². The van der Waals surface area contributed by atoms with Gasteiger partial charge in [0.25, 0.3) is 0 Å². The number of allylic oxidation sites excluding steroid dienone is 12. The van der Waals surface area contributed by atoms with Crippen LogP contribution in [-0.4, -0.2) is 32.5 Å². The Bertz CT molecular complexity index is 826. The molecule has 0 saturated heterocycles. The maximum absolute atomic E-state index is 11.3. The van der Waals surface area contributed by atoms with Crippen molar-refractivity contribution in [1.82, 2.24) is 0 Å². The molecule has 0 aliphatic heterocycles. The first-order valence-corrected chi connectivity index (χ1v) is 10.7. The van der Waals surface area contributed by atoms with Crippen LogP contribution in [-0.2, 0) is 4.79 Å². The van der Waals surface area contributed by atoms with Gasteiger partial charge in [-0.25, -0.2) is 4.79 Å². The highest BCUT2D eigenvalue weighted by molar-refractivity contribution is 5.80. The van der Waals surface area contributed by atoms with Crippen molar-refractivity contribution < 1.29 is 20.1 Å². The Balaban J connectivity index is 2.78. The quantitative estimate of drug-likeness (QED) is 0.337. The largest absolute Gasteiger partial charge is 0.478 e. The third-order valence-electron chi connectivity index (χ3n) is 5.94. The van der Waals surface area contributed by atoms with Crippen LogP contribution < -0.4 is 0 Å². The van der Waals surface area contributed by atoms with Gasteiger partial charge in [0.2, 0.25) is 0 Å². The van der Waals surface area contributed by atoms with Crippen molar-refractivity contribution in [1.29, 1.82) is 0 Å². The van der Waals surface area contributed by atoms with Gasteiger partial charge in [0.1, 0.15) is 5.60 Å². The van der Waals surface area contributed by atoms with Crippen molar-refractivity contribution in [2.24, 2.45) is 5.41 Å². The summed E-state index contributed by atoms with van der Waals surface area (Å²) in [5.41, 5.74) is 0.0721. The van der Waals surface area contributed by atoms with Crippen LogP contribution in [0.15, 0.2) is 83.6 Å². The highest BCUT2D eigenvalue weighted by Crippen LogP contribution is 2.50. The van der Waals surface area contributed by atoms with Crippen LogP contribution in [0.2, 0.25) is 0 Å². The Morgan fingerprint density at radius 1 is 0.742 bits per heavy atom. The van der Waals surface area contributed by atoms with E-state index in [4.69, 9.17) is 5.11 Å². The minimum atomic E-state index is -1.27. The Morgan fingerprint density at radius 2 is 1.26 bits per heavy atom. The Hall–Kier alpha value is -2.43. The average molecular weight is 427 g/mol. The first-order chi connectivity index (χ1) is 14.3. The van der Waals surface area contributed by atoms with Gasteiger partial charge >= 0.3 is 5.97 Å². The van der Waals surface area contributed by atoms with Crippen LogP contribution in [0.1, 0.15) is 60.8 Å². The highest BCUT2D eigenvalue weighted by atomic mass is 16.4. The predicted octanol–water partition coefficient (Wildman–Crippen LogP) is 5.83. The molecular formula is C27H38O4. The second-order valence-electron chi connectivity index (χ2n) is 9.26. The first-order valence-electron chi connectivity index (χ1n) is 10.7. The summed E-state index contributed by atoms with van der Waals surface area (Å²) in [5.74, 6) is -0.960. The van der Waals surface area contributed by atoms with Gasteiger partial charge in [-0.2, -0.15) is 0 Å². The second-order valence-corrected chi connectivity index (χ2v) is 9.26. The molecule has 0 radical (unpaired) electrons. The van der Waals surface area contributed by atoms with Gasteiger partial charge in [0.15, 0.2) is 0 Å². The third-order valence-corrected chi connectivity index (χ3v) is 5.94. The number of rotatable bonds is 8. The normalized spacial score (nSPS) is 28.5. The van der Waals surface area contributed by atoms with E-state index in [9.17, 15) is 15.0 Å². The Kier molecular flexibility index (Phi) is 9.67. The van der Waals surface area contributed by atoms with E-state index in [2.05, 4.69) is 0 Å². The zero-order valence-corrected chi connectivity index (χ0v) is 19.7. The number of carboxylic acids is 1. The van der Waals surface area contributed by atoms with Gasteiger partial charge < -0.3 is 15.3 Å². The van der Waals surface area contributed by atoms with E-state index in [0.717, 1.165) is 35.6 Å². The van der Waals surface area contributed by atoms with Crippen molar-refractivity contribution in [3.8, 4) is 0 Å². The van der Waals surface area contributed by atoms with Gasteiger partial charge in [-0.3, -0.25) is 0 Å². The molecule has 0 spiro atoms. The van der Waals surface area contributed by atoms with E-state index < -0.39 is 22.6 Å². The summed E-state index contributed by atoms with van der Waals surface area (Å²) < 4.78 is 0. The number of carboxylic acid groups (broad SMARTS) is 1. The fraction of sp³-hybridized carbons (Fsp3) is 0.444. The summed E-state index contributed by atoms with van der Waals surface area (Å²) in [7, 11) is 0. The molecule has 0 aromatic heterocycles. The zero-order chi connectivity index (χ0) is 23.7. The summed E-state index contributed by atoms with van der Waals surface area (Å²) in [4.78, 5) is 10.5. The minimum Gasteiger partial charge on any atom is -0.478 e. The lowest BCUT2D eigenvalue weighted by atomic mass is 9.58. The molecule has 0 bridgehead atoms. The SMILES string of the molecule is CC(/C=C/C=C(C)/C=C/[C@]1(O)C(C)(C)CCC[C@@]1(C)O)=C\C=C\C=C(C)\C=C\C(=O)O. The van der Waals surface area contributed by atoms with Crippen LogP contribution in [0.5, 0.6) is 0 Å². The Morgan fingerprint density at radius 3 is 1.81 bits per heavy atom. The van der Waals surface area contributed by atoms with Crippen molar-refractivity contribution >= 4 is 5.97 Å². The van der Waals surface area contributed by atoms with Crippen LogP contribution in [0.3, 0.4) is 0 Å². The monoisotopic (exact) mass is 426 g/mol. The van der Waals surface area contributed by atoms with E-state index in [1.54, 1.807) is 19.1 Å². The van der Waals surface area contributed by atoms with Crippen molar-refractivity contribution in [2.75, 3.05) is 0 Å². The fourth-order valence-electron chi connectivity index (χ4n) is 3.78. The molecule has 0 amide bonds. The Labute approximate surface area is 187 Å². The molecule has 0 heterocycles. The molecule has 1 saturated carbocycles. The minimum absolute atomic E-state index is 0.400. The van der Waals surface area contributed by atoms with Crippen molar-refractivity contribution in [3.63, 3.8) is 0 Å². The smallest absolute Gasteiger partial charge is 0.328 e. The first kappa shape index (κ1) is 26.6. The molecule has 31 heavy (non-hydrogen) atoms. The van der Waals surface area contributed by atoms with Crippen LogP contribution >= 0.6 is 0 Å². The lowest BCUT2D eigenvalue weighted by Crippen LogP contribution is -2.62. The summed E-state index contributed by atoms with van der Waals surface area (Å²) in [5, 5.41) is 30.7. The molecule has 170 valence electrons. The molecule has 0 aromatic rings. The van der Waals surface area contributed by atoms with E-state index in [-0.39, 0.29) is 0 Å². The summed E-state index contributed by atoms with van der Waals surface area (Å²) >= 11 is 0. The molecule has 4 nitrogen and oxygen atoms in total. The molecule has 4 heteroatoms. The molecular weight excluding hydrogens is 388 g/mol. The number of aliphatic hydroxyl groups is 2. The molecule has 1 aliphatic carbocycles. The summed E-state index contributed by atoms with van der Waals surface area (Å²) in [6, 6.07) is 0. The van der Waals surface area contributed by atoms with E-state index in [1.807, 2.05) is 83.2 Å². The van der Waals surface area contributed by atoms with Crippen molar-refractivity contribution in [3.05, 3.63) is 83.6 Å². The summed E-state index contributed by atoms with van der Waals surface area (Å²) in [6.45, 7) is 11.5. The zero-order valence-electron chi connectivity index (χ0n) is 19.7. The number of hydrogen-bond donors (Lipinski definition) is 3. The molecule has 3 N–H and O–H groups in total. The average Bonchev–Trinajstić information content (AvgIpc) is 2.66. The molecule has 1 aliphatic rings. The van der Waals surface area contributed by atoms with Crippen molar-refractivity contribution in [2.45, 2.75) is 72.0 Å². The fourth-order valence-corrected chi connectivity index (χ4v) is 3.78. The van der Waals surface area contributed by atoms with E-state index in [1.165, 1.54) is 0 Å². The molecule has 0 unspecified atom stereocenters. The standard InChI is InChI=1S/C27H38O4/c1-21(11-7-8-12-22(2)15-16-24(28)29)13-9-14-23(3)17-20-27(31)25(4,5)18-10-19-26(27,6)30/h7-9,11-17,20,30-31H,10,18-19H2,1-6H3,(H,28,29)/b8-7+,13-9+,16-15+,20-17+,21-11+,22-12+,23-14+/t26-,27+/m1/s1. The molecule has 1 rings (SSSR count). The number of carbonyl (C=O) groups is 1. The molecule has 1 fully saturated rings.